The van der Waals surface area contributed by atoms with Crippen molar-refractivity contribution in [1.82, 2.24) is 5.32 Å². The predicted molar refractivity (Wildman–Crippen MR) is 64.9 cm³/mol. The van der Waals surface area contributed by atoms with Gasteiger partial charge in [0, 0.05) is 7.11 Å². The van der Waals surface area contributed by atoms with Crippen molar-refractivity contribution in [1.29, 1.82) is 0 Å². The molecule has 1 amide bonds. The number of benzene rings is 1. The van der Waals surface area contributed by atoms with E-state index in [-0.39, 0.29) is 23.3 Å². The van der Waals surface area contributed by atoms with E-state index in [9.17, 15) is 9.90 Å². The Labute approximate surface area is 101 Å². The van der Waals surface area contributed by atoms with Gasteiger partial charge < -0.3 is 20.9 Å². The molecule has 1 unspecified atom stereocenters. The highest BCUT2D eigenvalue weighted by Gasteiger charge is 2.15. The lowest BCUT2D eigenvalue weighted by Gasteiger charge is -2.17. The summed E-state index contributed by atoms with van der Waals surface area (Å²) in [6, 6.07) is 6.26. The van der Waals surface area contributed by atoms with E-state index >= 15 is 0 Å². The summed E-state index contributed by atoms with van der Waals surface area (Å²) in [5.41, 5.74) is 5.70. The van der Waals surface area contributed by atoms with Crippen molar-refractivity contribution in [2.75, 3.05) is 20.3 Å². The molecule has 1 aromatic carbocycles. The van der Waals surface area contributed by atoms with Crippen LogP contribution in [0.3, 0.4) is 0 Å². The fourth-order valence-corrected chi connectivity index (χ4v) is 1.53. The first kappa shape index (κ1) is 13.5. The molecule has 0 heterocycles. The third-order valence-electron chi connectivity index (χ3n) is 2.37. The summed E-state index contributed by atoms with van der Waals surface area (Å²) in [5, 5.41) is 12.3. The van der Waals surface area contributed by atoms with Crippen LogP contribution in [0.15, 0.2) is 24.3 Å². The predicted octanol–water partition coefficient (Wildman–Crippen LogP) is 0.486. The lowest BCUT2D eigenvalue weighted by Crippen LogP contribution is -2.39. The van der Waals surface area contributed by atoms with Crippen LogP contribution in [-0.2, 0) is 4.74 Å². The molecule has 0 spiro atoms. The largest absolute Gasteiger partial charge is 0.507 e. The lowest BCUT2D eigenvalue weighted by molar-refractivity contribution is 0.0891. The number of amides is 1. The minimum Gasteiger partial charge on any atom is -0.507 e. The molecular formula is C12H18N2O3. The summed E-state index contributed by atoms with van der Waals surface area (Å²) in [6.07, 6.45) is 0.632. The number of nitrogens with one attached hydrogen (secondary N) is 1. The van der Waals surface area contributed by atoms with Crippen molar-refractivity contribution < 1.29 is 14.6 Å². The molecule has 0 aromatic heterocycles. The SMILES string of the molecule is COCC(CCN)NC(=O)c1ccccc1O. The number of carbonyl (C=O) groups excluding carboxylic acids is 1. The average Bonchev–Trinajstić information content (AvgIpc) is 2.30. The minimum absolute atomic E-state index is 0.0334. The molecule has 0 aliphatic rings. The molecule has 1 rings (SSSR count). The molecule has 4 N–H and O–H groups in total. The molecule has 5 nitrogen and oxygen atoms in total. The summed E-state index contributed by atoms with van der Waals surface area (Å²) in [7, 11) is 1.57. The minimum atomic E-state index is -0.321. The maximum atomic E-state index is 11.9. The molecule has 0 aliphatic carbocycles. The monoisotopic (exact) mass is 238 g/mol. The van der Waals surface area contributed by atoms with Crippen molar-refractivity contribution in [3.63, 3.8) is 0 Å². The van der Waals surface area contributed by atoms with Crippen molar-refractivity contribution in [3.05, 3.63) is 29.8 Å². The van der Waals surface area contributed by atoms with Crippen LogP contribution >= 0.6 is 0 Å². The zero-order chi connectivity index (χ0) is 12.7. The first-order valence-electron chi connectivity index (χ1n) is 5.47. The Morgan fingerprint density at radius 2 is 2.24 bits per heavy atom. The quantitative estimate of drug-likeness (QED) is 0.673. The first-order valence-corrected chi connectivity index (χ1v) is 5.47. The zero-order valence-electron chi connectivity index (χ0n) is 9.85. The zero-order valence-corrected chi connectivity index (χ0v) is 9.85. The van der Waals surface area contributed by atoms with Crippen LogP contribution in [0.2, 0.25) is 0 Å². The highest BCUT2D eigenvalue weighted by Crippen LogP contribution is 2.15. The molecule has 0 bridgehead atoms. The fraction of sp³-hybridized carbons (Fsp3) is 0.417. The van der Waals surface area contributed by atoms with E-state index in [1.165, 1.54) is 6.07 Å². The van der Waals surface area contributed by atoms with E-state index < -0.39 is 0 Å². The molecule has 0 fully saturated rings. The topological polar surface area (TPSA) is 84.6 Å². The second-order valence-corrected chi connectivity index (χ2v) is 3.72. The van der Waals surface area contributed by atoms with Gasteiger partial charge in [-0.05, 0) is 25.1 Å². The van der Waals surface area contributed by atoms with Gasteiger partial charge in [-0.2, -0.15) is 0 Å². The second-order valence-electron chi connectivity index (χ2n) is 3.72. The first-order chi connectivity index (χ1) is 8.19. The maximum absolute atomic E-state index is 11.9. The Kier molecular flexibility index (Phi) is 5.45. The van der Waals surface area contributed by atoms with Crippen LogP contribution in [0.5, 0.6) is 5.75 Å². The average molecular weight is 238 g/mol. The Hall–Kier alpha value is -1.59. The van der Waals surface area contributed by atoms with Gasteiger partial charge in [-0.25, -0.2) is 0 Å². The molecule has 0 aliphatic heterocycles. The molecule has 17 heavy (non-hydrogen) atoms. The van der Waals surface area contributed by atoms with E-state index in [1.54, 1.807) is 25.3 Å². The number of hydrogen-bond donors (Lipinski definition) is 3. The number of carbonyl (C=O) groups is 1. The Morgan fingerprint density at radius 1 is 1.53 bits per heavy atom. The summed E-state index contributed by atoms with van der Waals surface area (Å²) in [5.74, 6) is -0.354. The number of phenolic OH excluding ortho intramolecular Hbond substituents is 1. The summed E-state index contributed by atoms with van der Waals surface area (Å²) in [6.45, 7) is 0.867. The Bertz CT molecular complexity index is 363. The number of para-hydroxylation sites is 1. The third-order valence-corrected chi connectivity index (χ3v) is 2.37. The van der Waals surface area contributed by atoms with Gasteiger partial charge >= 0.3 is 0 Å². The maximum Gasteiger partial charge on any atom is 0.255 e. The number of hydrogen-bond acceptors (Lipinski definition) is 4. The van der Waals surface area contributed by atoms with Gasteiger partial charge in [-0.15, -0.1) is 0 Å². The smallest absolute Gasteiger partial charge is 0.255 e. The molecule has 0 saturated carbocycles. The van der Waals surface area contributed by atoms with Gasteiger partial charge in [0.1, 0.15) is 5.75 Å². The van der Waals surface area contributed by atoms with Gasteiger partial charge in [-0.3, -0.25) is 4.79 Å². The van der Waals surface area contributed by atoms with Gasteiger partial charge in [0.25, 0.3) is 5.91 Å². The highest BCUT2D eigenvalue weighted by atomic mass is 16.5. The van der Waals surface area contributed by atoms with E-state index in [4.69, 9.17) is 10.5 Å². The molecule has 94 valence electrons. The van der Waals surface area contributed by atoms with Gasteiger partial charge in [0.05, 0.1) is 18.2 Å². The van der Waals surface area contributed by atoms with Crippen LogP contribution in [0, 0.1) is 0 Å². The number of ether oxygens (including phenoxy) is 1. The normalized spacial score (nSPS) is 12.1. The molecule has 1 aromatic rings. The molecular weight excluding hydrogens is 220 g/mol. The van der Waals surface area contributed by atoms with Crippen LogP contribution in [-0.4, -0.2) is 37.3 Å². The van der Waals surface area contributed by atoms with Crippen LogP contribution in [0.1, 0.15) is 16.8 Å². The van der Waals surface area contributed by atoms with E-state index in [0.29, 0.717) is 19.6 Å². The molecule has 5 heteroatoms. The number of aromatic hydroxyl groups is 1. The van der Waals surface area contributed by atoms with Crippen molar-refractivity contribution in [2.24, 2.45) is 5.73 Å². The second kappa shape index (κ2) is 6.88. The third kappa shape index (κ3) is 4.05. The summed E-state index contributed by atoms with van der Waals surface area (Å²) in [4.78, 5) is 11.9. The van der Waals surface area contributed by atoms with E-state index in [0.717, 1.165) is 0 Å². The van der Waals surface area contributed by atoms with Crippen molar-refractivity contribution >= 4 is 5.91 Å². The standard InChI is InChI=1S/C12H18N2O3/c1-17-8-9(6-7-13)14-12(16)10-4-2-3-5-11(10)15/h2-5,9,15H,6-8,13H2,1H3,(H,14,16). The summed E-state index contributed by atoms with van der Waals surface area (Å²) < 4.78 is 4.99. The number of phenols is 1. The Morgan fingerprint density at radius 3 is 2.82 bits per heavy atom. The van der Waals surface area contributed by atoms with Crippen molar-refractivity contribution in [2.45, 2.75) is 12.5 Å². The molecule has 1 atom stereocenters. The van der Waals surface area contributed by atoms with E-state index in [2.05, 4.69) is 5.32 Å². The van der Waals surface area contributed by atoms with Gasteiger partial charge in [-0.1, -0.05) is 12.1 Å². The van der Waals surface area contributed by atoms with Gasteiger partial charge in [0.15, 0.2) is 0 Å². The van der Waals surface area contributed by atoms with Crippen LogP contribution in [0.25, 0.3) is 0 Å². The van der Waals surface area contributed by atoms with Crippen LogP contribution in [0.4, 0.5) is 0 Å². The van der Waals surface area contributed by atoms with Crippen LogP contribution < -0.4 is 11.1 Å². The number of nitrogens with two attached hydrogens (primary N) is 1. The van der Waals surface area contributed by atoms with Gasteiger partial charge in [0.2, 0.25) is 0 Å². The van der Waals surface area contributed by atoms with E-state index in [1.807, 2.05) is 0 Å². The highest BCUT2D eigenvalue weighted by molar-refractivity contribution is 5.96. The molecule has 0 saturated heterocycles. The Balaban J connectivity index is 2.67. The fourth-order valence-electron chi connectivity index (χ4n) is 1.53. The lowest BCUT2D eigenvalue weighted by atomic mass is 10.1. The molecule has 0 radical (unpaired) electrons. The van der Waals surface area contributed by atoms with Crippen molar-refractivity contribution in [3.8, 4) is 5.75 Å². The number of rotatable bonds is 6. The summed E-state index contributed by atoms with van der Waals surface area (Å²) >= 11 is 0. The number of methoxy groups -OCH3 is 1.